The van der Waals surface area contributed by atoms with Crippen LogP contribution in [-0.4, -0.2) is 56.4 Å². The second kappa shape index (κ2) is 8.19. The minimum atomic E-state index is -1.52. The lowest BCUT2D eigenvalue weighted by Crippen LogP contribution is -2.30. The smallest absolute Gasteiger partial charge is 0.423 e. The Morgan fingerprint density at radius 2 is 2.03 bits per heavy atom. The van der Waals surface area contributed by atoms with Crippen LogP contribution in [0.2, 0.25) is 0 Å². The van der Waals surface area contributed by atoms with Crippen molar-refractivity contribution in [2.24, 2.45) is 5.73 Å². The van der Waals surface area contributed by atoms with Gasteiger partial charge in [-0.15, -0.1) is 0 Å². The lowest BCUT2D eigenvalue weighted by atomic mass is 9.80. The van der Waals surface area contributed by atoms with E-state index in [-0.39, 0.29) is 0 Å². The number of hydrogen-bond donors (Lipinski definition) is 4. The lowest BCUT2D eigenvalue weighted by molar-refractivity contribution is 0.100. The number of aromatic nitrogens is 4. The van der Waals surface area contributed by atoms with Gasteiger partial charge >= 0.3 is 7.12 Å². The van der Waals surface area contributed by atoms with Gasteiger partial charge in [-0.1, -0.05) is 30.3 Å². The summed E-state index contributed by atoms with van der Waals surface area (Å²) in [6.45, 7) is 1.26. The number of hydrogen-bond acceptors (Lipinski definition) is 8. The molecule has 0 spiro atoms. The van der Waals surface area contributed by atoms with Crippen LogP contribution in [-0.2, 0) is 13.0 Å². The van der Waals surface area contributed by atoms with Crippen LogP contribution in [0.1, 0.15) is 21.5 Å². The van der Waals surface area contributed by atoms with E-state index < -0.39 is 13.0 Å². The van der Waals surface area contributed by atoms with Crippen molar-refractivity contribution < 1.29 is 14.8 Å². The number of likely N-dealkylation sites (N-methyl/N-ethyl adjacent to an activating group) is 1. The zero-order chi connectivity index (χ0) is 23.1. The molecule has 0 atom stereocenters. The van der Waals surface area contributed by atoms with Gasteiger partial charge < -0.3 is 26.0 Å². The summed E-state index contributed by atoms with van der Waals surface area (Å²) in [5, 5.41) is 27.3. The predicted molar refractivity (Wildman–Crippen MR) is 126 cm³/mol. The van der Waals surface area contributed by atoms with Crippen LogP contribution in [0, 0.1) is 0 Å². The van der Waals surface area contributed by atoms with E-state index in [4.69, 9.17) is 15.7 Å². The van der Waals surface area contributed by atoms with Crippen molar-refractivity contribution in [2.45, 2.75) is 13.0 Å². The number of nitrogens with one attached hydrogen (secondary N) is 1. The highest BCUT2D eigenvalue weighted by molar-refractivity contribution is 6.58. The van der Waals surface area contributed by atoms with E-state index in [1.165, 1.54) is 0 Å². The number of primary amides is 1. The molecule has 1 aliphatic rings. The van der Waals surface area contributed by atoms with Crippen molar-refractivity contribution in [1.29, 1.82) is 0 Å². The Labute approximate surface area is 189 Å². The first kappa shape index (κ1) is 20.9. The van der Waals surface area contributed by atoms with Crippen molar-refractivity contribution >= 4 is 41.0 Å². The molecule has 0 fully saturated rings. The van der Waals surface area contributed by atoms with Gasteiger partial charge in [0.1, 0.15) is 11.6 Å². The molecule has 5 rings (SSSR count). The van der Waals surface area contributed by atoms with Crippen LogP contribution in [0.5, 0.6) is 0 Å². The average Bonchev–Trinajstić information content (AvgIpc) is 3.41. The summed E-state index contributed by atoms with van der Waals surface area (Å²) in [7, 11) is 0.456. The Balaban J connectivity index is 1.55. The van der Waals surface area contributed by atoms with E-state index in [0.29, 0.717) is 40.2 Å². The summed E-state index contributed by atoms with van der Waals surface area (Å²) in [6.07, 6.45) is 2.39. The standard InChI is InChI=1S/C22H22BN7O3/c1-29-9-8-16-20(25-11-13-4-2-5-14(10-13)23(32)33)27-22(28-21(16)29)30-18-7-3-6-15(19(24)31)17(18)12-26-30/h2-7,10,12,32-33H,8-9,11H2,1H3,(H2,24,31)(H,25,27,28). The molecule has 0 bridgehead atoms. The molecule has 0 saturated carbocycles. The van der Waals surface area contributed by atoms with Gasteiger partial charge in [-0.3, -0.25) is 4.79 Å². The molecular formula is C22H22BN7O3. The molecule has 3 heterocycles. The van der Waals surface area contributed by atoms with Crippen LogP contribution >= 0.6 is 0 Å². The second-order valence-corrected chi connectivity index (χ2v) is 7.98. The SMILES string of the molecule is CN1CCc2c(NCc3cccc(B(O)O)c3)nc(-n3ncc4c(C(N)=O)cccc43)nc21. The predicted octanol–water partition coefficient (Wildman–Crippen LogP) is 0.199. The summed E-state index contributed by atoms with van der Waals surface area (Å²) in [5.41, 5.74) is 8.91. The summed E-state index contributed by atoms with van der Waals surface area (Å²) < 4.78 is 1.60. The van der Waals surface area contributed by atoms with E-state index in [1.54, 1.807) is 41.2 Å². The molecule has 0 unspecified atom stereocenters. The van der Waals surface area contributed by atoms with Gasteiger partial charge in [0.05, 0.1) is 17.3 Å². The monoisotopic (exact) mass is 443 g/mol. The van der Waals surface area contributed by atoms with Crippen LogP contribution in [0.3, 0.4) is 0 Å². The zero-order valence-corrected chi connectivity index (χ0v) is 17.9. The minimum absolute atomic E-state index is 0.376. The van der Waals surface area contributed by atoms with Crippen molar-refractivity contribution in [2.75, 3.05) is 23.8 Å². The fourth-order valence-electron chi connectivity index (χ4n) is 4.11. The molecule has 11 heteroatoms. The van der Waals surface area contributed by atoms with Gasteiger partial charge in [0.15, 0.2) is 0 Å². The molecule has 1 aliphatic heterocycles. The third-order valence-corrected chi connectivity index (χ3v) is 5.81. The average molecular weight is 443 g/mol. The summed E-state index contributed by atoms with van der Waals surface area (Å²) >= 11 is 0. The molecule has 5 N–H and O–H groups in total. The van der Waals surface area contributed by atoms with E-state index in [2.05, 4.69) is 15.3 Å². The summed E-state index contributed by atoms with van der Waals surface area (Å²) in [4.78, 5) is 23.4. The molecule has 2 aromatic carbocycles. The third kappa shape index (κ3) is 3.77. The fourth-order valence-corrected chi connectivity index (χ4v) is 4.11. The molecule has 0 saturated heterocycles. The van der Waals surface area contributed by atoms with Gasteiger partial charge in [0.25, 0.3) is 5.95 Å². The highest BCUT2D eigenvalue weighted by atomic mass is 16.4. The van der Waals surface area contributed by atoms with E-state index >= 15 is 0 Å². The number of fused-ring (bicyclic) bond motifs is 2. The van der Waals surface area contributed by atoms with E-state index in [0.717, 1.165) is 29.9 Å². The molecule has 10 nitrogen and oxygen atoms in total. The second-order valence-electron chi connectivity index (χ2n) is 7.98. The normalized spacial score (nSPS) is 12.8. The van der Waals surface area contributed by atoms with Crippen molar-refractivity contribution in [3.05, 3.63) is 65.4 Å². The largest absolute Gasteiger partial charge is 0.488 e. The minimum Gasteiger partial charge on any atom is -0.423 e. The topological polar surface area (TPSA) is 142 Å². The Bertz CT molecular complexity index is 1370. The first-order valence-corrected chi connectivity index (χ1v) is 10.5. The fraction of sp³-hybridized carbons (Fsp3) is 0.182. The Kier molecular flexibility index (Phi) is 5.19. The van der Waals surface area contributed by atoms with Crippen molar-refractivity contribution in [3.8, 4) is 5.95 Å². The van der Waals surface area contributed by atoms with Gasteiger partial charge in [0.2, 0.25) is 5.91 Å². The van der Waals surface area contributed by atoms with Crippen molar-refractivity contribution in [3.63, 3.8) is 0 Å². The maximum Gasteiger partial charge on any atom is 0.488 e. The molecule has 0 radical (unpaired) electrons. The molecule has 33 heavy (non-hydrogen) atoms. The van der Waals surface area contributed by atoms with Gasteiger partial charge in [-0.2, -0.15) is 19.7 Å². The number of nitrogens with zero attached hydrogens (tertiary/aromatic N) is 5. The highest BCUT2D eigenvalue weighted by Crippen LogP contribution is 2.32. The van der Waals surface area contributed by atoms with Crippen LogP contribution in [0.4, 0.5) is 11.6 Å². The van der Waals surface area contributed by atoms with Gasteiger partial charge in [0, 0.05) is 31.1 Å². The van der Waals surface area contributed by atoms with Gasteiger partial charge in [-0.05, 0) is 29.6 Å². The van der Waals surface area contributed by atoms with Crippen LogP contribution in [0.25, 0.3) is 16.9 Å². The molecule has 1 amide bonds. The molecule has 0 aliphatic carbocycles. The first-order chi connectivity index (χ1) is 15.9. The number of rotatable bonds is 6. The molecule has 4 aromatic rings. The Morgan fingerprint density at radius 3 is 2.82 bits per heavy atom. The number of benzene rings is 2. The van der Waals surface area contributed by atoms with Crippen LogP contribution in [0.15, 0.2) is 48.7 Å². The molecule has 166 valence electrons. The highest BCUT2D eigenvalue weighted by Gasteiger charge is 2.25. The Morgan fingerprint density at radius 1 is 1.21 bits per heavy atom. The molecular weight excluding hydrogens is 421 g/mol. The van der Waals surface area contributed by atoms with Gasteiger partial charge in [-0.25, -0.2) is 0 Å². The zero-order valence-electron chi connectivity index (χ0n) is 17.9. The number of nitrogens with two attached hydrogens (primary N) is 1. The maximum absolute atomic E-state index is 11.8. The van der Waals surface area contributed by atoms with E-state index in [9.17, 15) is 14.8 Å². The lowest BCUT2D eigenvalue weighted by Gasteiger charge is -2.15. The number of amides is 1. The van der Waals surface area contributed by atoms with Crippen LogP contribution < -0.4 is 21.4 Å². The third-order valence-electron chi connectivity index (χ3n) is 5.81. The number of carbonyl (C=O) groups excluding carboxylic acids is 1. The summed E-state index contributed by atoms with van der Waals surface area (Å²) in [6, 6.07) is 12.3. The van der Waals surface area contributed by atoms with Crippen molar-refractivity contribution in [1.82, 2.24) is 19.7 Å². The maximum atomic E-state index is 11.8. The van der Waals surface area contributed by atoms with E-state index in [1.807, 2.05) is 19.2 Å². The number of carbonyl (C=O) groups is 1. The quantitative estimate of drug-likeness (QED) is 0.310. The number of anilines is 2. The molecule has 2 aromatic heterocycles. The summed E-state index contributed by atoms with van der Waals surface area (Å²) in [5.74, 6) is 1.36. The Hall–Kier alpha value is -3.96. The first-order valence-electron chi connectivity index (χ1n) is 10.5.